The van der Waals surface area contributed by atoms with E-state index in [1.165, 1.54) is 0 Å². The van der Waals surface area contributed by atoms with Gasteiger partial charge < -0.3 is 14.6 Å². The molecule has 0 aliphatic carbocycles. The number of piperidine rings is 1. The van der Waals surface area contributed by atoms with Crippen LogP contribution in [0.2, 0.25) is 0 Å². The summed E-state index contributed by atoms with van der Waals surface area (Å²) in [6, 6.07) is 2.09. The molecule has 0 saturated carbocycles. The van der Waals surface area contributed by atoms with Gasteiger partial charge in [0.15, 0.2) is 5.65 Å². The first-order valence-corrected chi connectivity index (χ1v) is 7.36. The van der Waals surface area contributed by atoms with E-state index in [1.807, 2.05) is 4.57 Å². The molecule has 1 saturated heterocycles. The maximum absolute atomic E-state index is 12.5. The summed E-state index contributed by atoms with van der Waals surface area (Å²) in [5.41, 5.74) is 2.11. The lowest BCUT2D eigenvalue weighted by atomic mass is 10.1. The molecular formula is C15H20N4O2. The molecule has 1 aliphatic heterocycles. The summed E-state index contributed by atoms with van der Waals surface area (Å²) in [5.74, 6) is -0.0320. The average Bonchev–Trinajstić information content (AvgIpc) is 2.90. The van der Waals surface area contributed by atoms with Crippen LogP contribution in [0, 0.1) is 0 Å². The minimum absolute atomic E-state index is 0.0320. The molecule has 2 aromatic rings. The lowest BCUT2D eigenvalue weighted by Gasteiger charge is -2.29. The molecular weight excluding hydrogens is 268 g/mol. The van der Waals surface area contributed by atoms with Gasteiger partial charge >= 0.3 is 0 Å². The van der Waals surface area contributed by atoms with Gasteiger partial charge in [-0.25, -0.2) is 9.97 Å². The Labute approximate surface area is 123 Å². The van der Waals surface area contributed by atoms with Crippen LogP contribution in [0.5, 0.6) is 0 Å². The van der Waals surface area contributed by atoms with E-state index in [0.717, 1.165) is 11.2 Å². The van der Waals surface area contributed by atoms with Crippen LogP contribution in [-0.4, -0.2) is 49.6 Å². The molecule has 112 valence electrons. The molecule has 6 heteroatoms. The van der Waals surface area contributed by atoms with Crippen molar-refractivity contribution in [3.8, 4) is 0 Å². The Morgan fingerprint density at radius 3 is 2.71 bits per heavy atom. The van der Waals surface area contributed by atoms with E-state index in [0.29, 0.717) is 31.5 Å². The fourth-order valence-corrected chi connectivity index (χ4v) is 2.67. The molecule has 1 N–H and O–H groups in total. The number of nitrogens with zero attached hydrogens (tertiary/aromatic N) is 4. The van der Waals surface area contributed by atoms with Gasteiger partial charge in [0.05, 0.1) is 18.0 Å². The second kappa shape index (κ2) is 5.44. The van der Waals surface area contributed by atoms with Gasteiger partial charge in [0.2, 0.25) is 0 Å². The Kier molecular flexibility index (Phi) is 3.63. The molecule has 0 aromatic carbocycles. The summed E-state index contributed by atoms with van der Waals surface area (Å²) in [6.45, 7) is 5.33. The molecule has 0 radical (unpaired) electrons. The van der Waals surface area contributed by atoms with Gasteiger partial charge in [-0.15, -0.1) is 0 Å². The van der Waals surface area contributed by atoms with E-state index in [9.17, 15) is 9.90 Å². The van der Waals surface area contributed by atoms with Crippen molar-refractivity contribution in [2.75, 3.05) is 13.1 Å². The molecule has 21 heavy (non-hydrogen) atoms. The largest absolute Gasteiger partial charge is 0.393 e. The van der Waals surface area contributed by atoms with Gasteiger partial charge in [-0.3, -0.25) is 4.79 Å². The fourth-order valence-electron chi connectivity index (χ4n) is 2.67. The second-order valence-electron chi connectivity index (χ2n) is 5.84. The highest BCUT2D eigenvalue weighted by molar-refractivity contribution is 5.96. The van der Waals surface area contributed by atoms with Gasteiger partial charge in [-0.05, 0) is 32.8 Å². The van der Waals surface area contributed by atoms with Crippen LogP contribution in [0.1, 0.15) is 43.1 Å². The van der Waals surface area contributed by atoms with Gasteiger partial charge in [-0.1, -0.05) is 0 Å². The van der Waals surface area contributed by atoms with Crippen LogP contribution >= 0.6 is 0 Å². The van der Waals surface area contributed by atoms with Crippen molar-refractivity contribution in [3.63, 3.8) is 0 Å². The number of rotatable bonds is 2. The third-order valence-electron chi connectivity index (χ3n) is 3.97. The topological polar surface area (TPSA) is 71.2 Å². The molecule has 0 atom stereocenters. The quantitative estimate of drug-likeness (QED) is 0.911. The molecule has 3 heterocycles. The zero-order chi connectivity index (χ0) is 15.0. The van der Waals surface area contributed by atoms with E-state index in [2.05, 4.69) is 23.8 Å². The van der Waals surface area contributed by atoms with E-state index in [4.69, 9.17) is 0 Å². The lowest BCUT2D eigenvalue weighted by molar-refractivity contribution is 0.0546. The molecule has 1 amide bonds. The first-order valence-electron chi connectivity index (χ1n) is 7.36. The number of aromatic nitrogens is 3. The minimum atomic E-state index is -0.281. The van der Waals surface area contributed by atoms with Crippen LogP contribution in [0.3, 0.4) is 0 Å². The zero-order valence-corrected chi connectivity index (χ0v) is 12.4. The number of amides is 1. The molecule has 0 unspecified atom stereocenters. The van der Waals surface area contributed by atoms with E-state index < -0.39 is 0 Å². The van der Waals surface area contributed by atoms with Crippen molar-refractivity contribution in [1.29, 1.82) is 0 Å². The Morgan fingerprint density at radius 1 is 1.33 bits per heavy atom. The Balaban J connectivity index is 1.86. The Hall–Kier alpha value is -1.95. The number of likely N-dealkylation sites (tertiary alicyclic amines) is 1. The molecule has 2 aromatic heterocycles. The van der Waals surface area contributed by atoms with Gasteiger partial charge in [0, 0.05) is 25.3 Å². The summed E-state index contributed by atoms with van der Waals surface area (Å²) < 4.78 is 1.99. The van der Waals surface area contributed by atoms with Crippen LogP contribution < -0.4 is 0 Å². The van der Waals surface area contributed by atoms with Gasteiger partial charge in [0.1, 0.15) is 5.52 Å². The predicted octanol–water partition coefficient (Wildman–Crippen LogP) is 1.61. The molecule has 0 bridgehead atoms. The third kappa shape index (κ3) is 2.63. The summed E-state index contributed by atoms with van der Waals surface area (Å²) in [4.78, 5) is 23.0. The number of pyridine rings is 1. The molecule has 1 aliphatic rings. The SMILES string of the molecule is CC(C)n1cnc2cc(C(=O)N3CCC(O)CC3)cnc21. The summed E-state index contributed by atoms with van der Waals surface area (Å²) in [5, 5.41) is 9.51. The second-order valence-corrected chi connectivity index (χ2v) is 5.84. The van der Waals surface area contributed by atoms with E-state index in [-0.39, 0.29) is 18.1 Å². The number of hydrogen-bond donors (Lipinski definition) is 1. The fraction of sp³-hybridized carbons (Fsp3) is 0.533. The third-order valence-corrected chi connectivity index (χ3v) is 3.97. The smallest absolute Gasteiger partial charge is 0.255 e. The average molecular weight is 288 g/mol. The van der Waals surface area contributed by atoms with Crippen molar-refractivity contribution >= 4 is 17.1 Å². The minimum Gasteiger partial charge on any atom is -0.393 e. The normalized spacial score (nSPS) is 16.9. The first-order chi connectivity index (χ1) is 10.1. The lowest BCUT2D eigenvalue weighted by Crippen LogP contribution is -2.40. The van der Waals surface area contributed by atoms with Crippen molar-refractivity contribution in [3.05, 3.63) is 24.2 Å². The predicted molar refractivity (Wildman–Crippen MR) is 79.1 cm³/mol. The van der Waals surface area contributed by atoms with E-state index in [1.54, 1.807) is 23.5 Å². The number of aliphatic hydroxyl groups is 1. The Bertz CT molecular complexity index is 657. The highest BCUT2D eigenvalue weighted by Crippen LogP contribution is 2.18. The molecule has 6 nitrogen and oxygen atoms in total. The Morgan fingerprint density at radius 2 is 2.05 bits per heavy atom. The highest BCUT2D eigenvalue weighted by atomic mass is 16.3. The number of hydrogen-bond acceptors (Lipinski definition) is 4. The summed E-state index contributed by atoms with van der Waals surface area (Å²) in [6.07, 6.45) is 4.38. The highest BCUT2D eigenvalue weighted by Gasteiger charge is 2.23. The number of aliphatic hydroxyl groups excluding tert-OH is 1. The summed E-state index contributed by atoms with van der Waals surface area (Å²) in [7, 11) is 0. The van der Waals surface area contributed by atoms with Crippen LogP contribution in [0.25, 0.3) is 11.2 Å². The first kappa shape index (κ1) is 14.0. The standard InChI is InChI=1S/C15H20N4O2/c1-10(2)19-9-17-13-7-11(8-16-14(13)19)15(21)18-5-3-12(20)4-6-18/h7-10,12,20H,3-6H2,1-2H3. The van der Waals surface area contributed by atoms with Crippen molar-refractivity contribution in [2.45, 2.75) is 38.8 Å². The maximum Gasteiger partial charge on any atom is 0.255 e. The number of carbonyl (C=O) groups excluding carboxylic acids is 1. The molecule has 1 fully saturated rings. The van der Waals surface area contributed by atoms with E-state index >= 15 is 0 Å². The number of fused-ring (bicyclic) bond motifs is 1. The molecule has 3 rings (SSSR count). The zero-order valence-electron chi connectivity index (χ0n) is 12.4. The number of imidazole rings is 1. The van der Waals surface area contributed by atoms with Crippen LogP contribution in [0.15, 0.2) is 18.6 Å². The maximum atomic E-state index is 12.5. The van der Waals surface area contributed by atoms with Gasteiger partial charge in [0.25, 0.3) is 5.91 Å². The molecule has 0 spiro atoms. The monoisotopic (exact) mass is 288 g/mol. The van der Waals surface area contributed by atoms with Crippen molar-refractivity contribution in [1.82, 2.24) is 19.4 Å². The summed E-state index contributed by atoms with van der Waals surface area (Å²) >= 11 is 0. The van der Waals surface area contributed by atoms with Crippen molar-refractivity contribution in [2.24, 2.45) is 0 Å². The van der Waals surface area contributed by atoms with Crippen LogP contribution in [0.4, 0.5) is 0 Å². The van der Waals surface area contributed by atoms with Gasteiger partial charge in [-0.2, -0.15) is 0 Å². The number of carbonyl (C=O) groups is 1. The van der Waals surface area contributed by atoms with Crippen molar-refractivity contribution < 1.29 is 9.90 Å². The van der Waals surface area contributed by atoms with Crippen LogP contribution in [-0.2, 0) is 0 Å².